The Bertz CT molecular complexity index is 479. The lowest BCUT2D eigenvalue weighted by Crippen LogP contribution is -2.42. The predicted molar refractivity (Wildman–Crippen MR) is 87.9 cm³/mol. The molecule has 1 heterocycles. The quantitative estimate of drug-likeness (QED) is 0.892. The second kappa shape index (κ2) is 7.45. The van der Waals surface area contributed by atoms with Crippen molar-refractivity contribution in [3.05, 3.63) is 28.2 Å². The van der Waals surface area contributed by atoms with Crippen molar-refractivity contribution in [3.63, 3.8) is 0 Å². The third-order valence-electron chi connectivity index (χ3n) is 3.97. The SMILES string of the molecule is CC(N)C1CCN(CC(=O)Nc2c(Cl)cccc2Cl)CC1. The fraction of sp³-hybridized carbons (Fsp3) is 0.533. The summed E-state index contributed by atoms with van der Waals surface area (Å²) in [5.74, 6) is 0.464. The van der Waals surface area contributed by atoms with E-state index in [9.17, 15) is 4.79 Å². The number of nitrogens with two attached hydrogens (primary N) is 1. The Morgan fingerprint density at radius 2 is 1.95 bits per heavy atom. The van der Waals surface area contributed by atoms with E-state index in [2.05, 4.69) is 10.2 Å². The van der Waals surface area contributed by atoms with Gasteiger partial charge in [0.25, 0.3) is 0 Å². The highest BCUT2D eigenvalue weighted by Crippen LogP contribution is 2.29. The molecule has 1 saturated heterocycles. The van der Waals surface area contributed by atoms with Crippen LogP contribution < -0.4 is 11.1 Å². The number of carbonyl (C=O) groups is 1. The van der Waals surface area contributed by atoms with Gasteiger partial charge in [-0.1, -0.05) is 29.3 Å². The Kier molecular flexibility index (Phi) is 5.88. The zero-order chi connectivity index (χ0) is 15.4. The van der Waals surface area contributed by atoms with Gasteiger partial charge >= 0.3 is 0 Å². The van der Waals surface area contributed by atoms with E-state index < -0.39 is 0 Å². The van der Waals surface area contributed by atoms with Crippen molar-refractivity contribution in [3.8, 4) is 0 Å². The number of nitrogens with zero attached hydrogens (tertiary/aromatic N) is 1. The average molecular weight is 330 g/mol. The van der Waals surface area contributed by atoms with Gasteiger partial charge in [0.05, 0.1) is 22.3 Å². The summed E-state index contributed by atoms with van der Waals surface area (Å²) < 4.78 is 0. The predicted octanol–water partition coefficient (Wildman–Crippen LogP) is 2.99. The molecule has 0 spiro atoms. The lowest BCUT2D eigenvalue weighted by molar-refractivity contribution is -0.117. The minimum absolute atomic E-state index is 0.0933. The molecule has 1 fully saturated rings. The minimum Gasteiger partial charge on any atom is -0.328 e. The van der Waals surface area contributed by atoms with Crippen molar-refractivity contribution >= 4 is 34.8 Å². The topological polar surface area (TPSA) is 58.4 Å². The highest BCUT2D eigenvalue weighted by atomic mass is 35.5. The molecule has 0 aromatic heterocycles. The van der Waals surface area contributed by atoms with Gasteiger partial charge in [0.1, 0.15) is 0 Å². The van der Waals surface area contributed by atoms with E-state index >= 15 is 0 Å². The molecule has 1 atom stereocenters. The molecule has 0 bridgehead atoms. The molecule has 1 aliphatic rings. The molecule has 6 heteroatoms. The molecule has 3 N–H and O–H groups in total. The number of carbonyl (C=O) groups excluding carboxylic acids is 1. The van der Waals surface area contributed by atoms with Gasteiger partial charge in [0.15, 0.2) is 0 Å². The van der Waals surface area contributed by atoms with Gasteiger partial charge < -0.3 is 11.1 Å². The van der Waals surface area contributed by atoms with Gasteiger partial charge in [-0.2, -0.15) is 0 Å². The number of piperidine rings is 1. The van der Waals surface area contributed by atoms with Crippen LogP contribution in [-0.4, -0.2) is 36.5 Å². The largest absolute Gasteiger partial charge is 0.328 e. The Hall–Kier alpha value is -0.810. The second-order valence-electron chi connectivity index (χ2n) is 5.62. The van der Waals surface area contributed by atoms with Gasteiger partial charge in [0.2, 0.25) is 5.91 Å². The molecule has 0 aliphatic carbocycles. The van der Waals surface area contributed by atoms with Crippen molar-refractivity contribution in [2.75, 3.05) is 25.0 Å². The highest BCUT2D eigenvalue weighted by molar-refractivity contribution is 6.39. The van der Waals surface area contributed by atoms with Crippen LogP contribution in [0.5, 0.6) is 0 Å². The third kappa shape index (κ3) is 4.58. The summed E-state index contributed by atoms with van der Waals surface area (Å²) in [4.78, 5) is 14.2. The first kappa shape index (κ1) is 16.6. The van der Waals surface area contributed by atoms with E-state index in [4.69, 9.17) is 28.9 Å². The monoisotopic (exact) mass is 329 g/mol. The van der Waals surface area contributed by atoms with Crippen molar-refractivity contribution in [1.29, 1.82) is 0 Å². The summed E-state index contributed by atoms with van der Waals surface area (Å²) >= 11 is 12.1. The van der Waals surface area contributed by atoms with Gasteiger partial charge in [-0.25, -0.2) is 0 Å². The number of rotatable bonds is 4. The number of anilines is 1. The number of hydrogen-bond donors (Lipinski definition) is 2. The summed E-state index contributed by atoms with van der Waals surface area (Å²) in [5, 5.41) is 3.69. The highest BCUT2D eigenvalue weighted by Gasteiger charge is 2.23. The summed E-state index contributed by atoms with van der Waals surface area (Å²) in [6.45, 7) is 4.20. The first-order valence-electron chi connectivity index (χ1n) is 7.19. The number of hydrogen-bond acceptors (Lipinski definition) is 3. The normalized spacial score (nSPS) is 18.5. The fourth-order valence-corrected chi connectivity index (χ4v) is 3.13. The molecular formula is C15H21Cl2N3O. The Morgan fingerprint density at radius 3 is 2.48 bits per heavy atom. The second-order valence-corrected chi connectivity index (χ2v) is 6.43. The maximum Gasteiger partial charge on any atom is 0.238 e. The first-order chi connectivity index (χ1) is 9.97. The molecular weight excluding hydrogens is 309 g/mol. The summed E-state index contributed by atoms with van der Waals surface area (Å²) in [5.41, 5.74) is 6.40. The number of amides is 1. The van der Waals surface area contributed by atoms with E-state index in [1.165, 1.54) is 0 Å². The van der Waals surface area contributed by atoms with Crippen LogP contribution in [0.1, 0.15) is 19.8 Å². The molecule has 4 nitrogen and oxygen atoms in total. The van der Waals surface area contributed by atoms with Crippen molar-refractivity contribution < 1.29 is 4.79 Å². The van der Waals surface area contributed by atoms with Crippen molar-refractivity contribution in [2.45, 2.75) is 25.8 Å². The zero-order valence-electron chi connectivity index (χ0n) is 12.1. The number of benzene rings is 1. The third-order valence-corrected chi connectivity index (χ3v) is 4.60. The molecule has 2 rings (SSSR count). The number of nitrogens with one attached hydrogen (secondary N) is 1. The Morgan fingerprint density at radius 1 is 1.38 bits per heavy atom. The van der Waals surface area contributed by atoms with Crippen LogP contribution in [0.3, 0.4) is 0 Å². The number of likely N-dealkylation sites (tertiary alicyclic amines) is 1. The van der Waals surface area contributed by atoms with Gasteiger partial charge in [0, 0.05) is 6.04 Å². The van der Waals surface area contributed by atoms with Crippen LogP contribution in [-0.2, 0) is 4.79 Å². The summed E-state index contributed by atoms with van der Waals surface area (Å²) in [7, 11) is 0. The standard InChI is InChI=1S/C15H21Cl2N3O/c1-10(18)11-5-7-20(8-6-11)9-14(21)19-15-12(16)3-2-4-13(15)17/h2-4,10-11H,5-9,18H2,1H3,(H,19,21). The van der Waals surface area contributed by atoms with E-state index in [-0.39, 0.29) is 11.9 Å². The maximum absolute atomic E-state index is 12.1. The minimum atomic E-state index is -0.0933. The van der Waals surface area contributed by atoms with E-state index in [1.54, 1.807) is 18.2 Å². The lowest BCUT2D eigenvalue weighted by Gasteiger charge is -2.33. The number of halogens is 2. The Labute approximate surface area is 135 Å². The molecule has 0 radical (unpaired) electrons. The van der Waals surface area contributed by atoms with Crippen LogP contribution in [0.15, 0.2) is 18.2 Å². The van der Waals surface area contributed by atoms with E-state index in [0.29, 0.717) is 28.2 Å². The molecule has 1 aliphatic heterocycles. The summed E-state index contributed by atoms with van der Waals surface area (Å²) in [6, 6.07) is 5.39. The van der Waals surface area contributed by atoms with Crippen LogP contribution in [0, 0.1) is 5.92 Å². The van der Waals surface area contributed by atoms with Crippen LogP contribution in [0.25, 0.3) is 0 Å². The van der Waals surface area contributed by atoms with Crippen LogP contribution in [0.4, 0.5) is 5.69 Å². The smallest absolute Gasteiger partial charge is 0.238 e. The molecule has 116 valence electrons. The van der Waals surface area contributed by atoms with Gasteiger partial charge in [-0.05, 0) is 50.9 Å². The maximum atomic E-state index is 12.1. The molecule has 1 amide bonds. The average Bonchev–Trinajstić information content (AvgIpc) is 2.43. The fourth-order valence-electron chi connectivity index (χ4n) is 2.64. The first-order valence-corrected chi connectivity index (χ1v) is 7.94. The molecule has 1 aromatic rings. The van der Waals surface area contributed by atoms with Gasteiger partial charge in [-0.15, -0.1) is 0 Å². The van der Waals surface area contributed by atoms with E-state index in [1.807, 2.05) is 6.92 Å². The summed E-state index contributed by atoms with van der Waals surface area (Å²) in [6.07, 6.45) is 2.08. The number of para-hydroxylation sites is 1. The van der Waals surface area contributed by atoms with Crippen molar-refractivity contribution in [2.24, 2.45) is 11.7 Å². The van der Waals surface area contributed by atoms with Gasteiger partial charge in [-0.3, -0.25) is 9.69 Å². The molecule has 21 heavy (non-hydrogen) atoms. The van der Waals surface area contributed by atoms with Crippen molar-refractivity contribution in [1.82, 2.24) is 4.90 Å². The van der Waals surface area contributed by atoms with E-state index in [0.717, 1.165) is 25.9 Å². The molecule has 1 unspecified atom stereocenters. The van der Waals surface area contributed by atoms with Crippen LogP contribution >= 0.6 is 23.2 Å². The molecule has 1 aromatic carbocycles. The lowest BCUT2D eigenvalue weighted by atomic mass is 9.91. The zero-order valence-corrected chi connectivity index (χ0v) is 13.6. The van der Waals surface area contributed by atoms with Crippen LogP contribution in [0.2, 0.25) is 10.0 Å². The molecule has 0 saturated carbocycles. The Balaban J connectivity index is 1.86.